The molecule has 0 aromatic rings. The van der Waals surface area contributed by atoms with Gasteiger partial charge in [0, 0.05) is 13.2 Å². The van der Waals surface area contributed by atoms with E-state index in [4.69, 9.17) is 4.74 Å². The van der Waals surface area contributed by atoms with E-state index in [1.54, 1.807) is 0 Å². The van der Waals surface area contributed by atoms with Crippen molar-refractivity contribution in [1.29, 1.82) is 0 Å². The summed E-state index contributed by atoms with van der Waals surface area (Å²) in [5, 5.41) is 0. The third-order valence-corrected chi connectivity index (χ3v) is 2.52. The van der Waals surface area contributed by atoms with E-state index in [1.165, 1.54) is 25.7 Å². The Morgan fingerprint density at radius 2 is 1.71 bits per heavy atom. The summed E-state index contributed by atoms with van der Waals surface area (Å²) in [6.45, 7) is 12.4. The maximum atomic E-state index is 5.42. The van der Waals surface area contributed by atoms with Gasteiger partial charge in [-0.2, -0.15) is 0 Å². The van der Waals surface area contributed by atoms with Crippen molar-refractivity contribution in [1.82, 2.24) is 0 Å². The Balaban J connectivity index is 3.15. The molecular formula is C13H27O. The lowest BCUT2D eigenvalue weighted by Gasteiger charge is -2.12. The van der Waals surface area contributed by atoms with Crippen LogP contribution in [0.5, 0.6) is 0 Å². The van der Waals surface area contributed by atoms with Crippen LogP contribution in [-0.4, -0.2) is 13.2 Å². The van der Waals surface area contributed by atoms with Crippen molar-refractivity contribution in [3.63, 3.8) is 0 Å². The maximum absolute atomic E-state index is 5.42. The average Bonchev–Trinajstić information content (AvgIpc) is 2.12. The van der Waals surface area contributed by atoms with Crippen LogP contribution in [0.2, 0.25) is 0 Å². The molecule has 0 spiro atoms. The Kier molecular flexibility index (Phi) is 9.49. The van der Waals surface area contributed by atoms with Crippen molar-refractivity contribution in [3.05, 3.63) is 6.92 Å². The average molecular weight is 199 g/mol. The summed E-state index contributed by atoms with van der Waals surface area (Å²) >= 11 is 0. The fourth-order valence-corrected chi connectivity index (χ4v) is 1.51. The van der Waals surface area contributed by atoms with Gasteiger partial charge in [0.25, 0.3) is 0 Å². The Labute approximate surface area is 90.2 Å². The van der Waals surface area contributed by atoms with Gasteiger partial charge in [-0.05, 0) is 24.7 Å². The normalized spacial score (nSPS) is 13.5. The van der Waals surface area contributed by atoms with Crippen LogP contribution in [-0.2, 0) is 4.74 Å². The molecule has 0 rings (SSSR count). The van der Waals surface area contributed by atoms with Gasteiger partial charge in [0.1, 0.15) is 0 Å². The summed E-state index contributed by atoms with van der Waals surface area (Å²) in [5.74, 6) is 1.67. The van der Waals surface area contributed by atoms with Crippen molar-refractivity contribution in [2.24, 2.45) is 11.8 Å². The van der Waals surface area contributed by atoms with Crippen LogP contribution in [0.25, 0.3) is 0 Å². The van der Waals surface area contributed by atoms with Crippen molar-refractivity contribution in [2.45, 2.75) is 52.9 Å². The predicted octanol–water partition coefficient (Wildman–Crippen LogP) is 4.08. The molecule has 14 heavy (non-hydrogen) atoms. The fourth-order valence-electron chi connectivity index (χ4n) is 1.51. The van der Waals surface area contributed by atoms with Crippen molar-refractivity contribution in [3.8, 4) is 0 Å². The first-order valence-corrected chi connectivity index (χ1v) is 6.03. The second-order valence-corrected chi connectivity index (χ2v) is 4.68. The fraction of sp³-hybridized carbons (Fsp3) is 0.923. The molecule has 1 unspecified atom stereocenters. The molecule has 1 atom stereocenters. The molecule has 0 amide bonds. The predicted molar refractivity (Wildman–Crippen MR) is 63.3 cm³/mol. The van der Waals surface area contributed by atoms with E-state index in [1.807, 2.05) is 0 Å². The molecule has 0 fully saturated rings. The summed E-state index contributed by atoms with van der Waals surface area (Å²) in [6, 6.07) is 0. The molecular weight excluding hydrogens is 172 g/mol. The summed E-state index contributed by atoms with van der Waals surface area (Å²) in [4.78, 5) is 0. The van der Waals surface area contributed by atoms with Gasteiger partial charge >= 0.3 is 0 Å². The van der Waals surface area contributed by atoms with Gasteiger partial charge in [-0.25, -0.2) is 0 Å². The highest BCUT2D eigenvalue weighted by Crippen LogP contribution is 2.14. The molecule has 0 aliphatic carbocycles. The highest BCUT2D eigenvalue weighted by Gasteiger charge is 2.02. The molecule has 1 nitrogen and oxygen atoms in total. The lowest BCUT2D eigenvalue weighted by Crippen LogP contribution is -2.03. The second kappa shape index (κ2) is 9.51. The molecule has 0 N–H and O–H groups in total. The summed E-state index contributed by atoms with van der Waals surface area (Å²) in [5.41, 5.74) is 0. The van der Waals surface area contributed by atoms with Crippen LogP contribution < -0.4 is 0 Å². The van der Waals surface area contributed by atoms with E-state index in [-0.39, 0.29) is 0 Å². The zero-order valence-corrected chi connectivity index (χ0v) is 10.2. The smallest absolute Gasteiger partial charge is 0.0468 e. The van der Waals surface area contributed by atoms with Crippen LogP contribution >= 0.6 is 0 Å². The maximum Gasteiger partial charge on any atom is 0.0468 e. The summed E-state index contributed by atoms with van der Waals surface area (Å²) in [6.07, 6.45) is 6.18. The number of rotatable bonds is 9. The third kappa shape index (κ3) is 10.0. The topological polar surface area (TPSA) is 9.23 Å². The van der Waals surface area contributed by atoms with Crippen molar-refractivity contribution >= 4 is 0 Å². The van der Waals surface area contributed by atoms with Crippen molar-refractivity contribution < 1.29 is 4.74 Å². The van der Waals surface area contributed by atoms with E-state index < -0.39 is 0 Å². The molecule has 0 bridgehead atoms. The highest BCUT2D eigenvalue weighted by molar-refractivity contribution is 4.55. The van der Waals surface area contributed by atoms with Gasteiger partial charge < -0.3 is 4.74 Å². The zero-order valence-electron chi connectivity index (χ0n) is 10.2. The standard InChI is InChI=1S/C13H27O/c1-5-10-14-11-9-13(4)8-6-7-12(2)3/h12-13H,1,5-11H2,2-4H3. The highest BCUT2D eigenvalue weighted by atomic mass is 16.5. The van der Waals surface area contributed by atoms with E-state index in [9.17, 15) is 0 Å². The van der Waals surface area contributed by atoms with Gasteiger partial charge in [0.05, 0.1) is 0 Å². The van der Waals surface area contributed by atoms with Crippen LogP contribution in [0.15, 0.2) is 0 Å². The number of ether oxygens (including phenoxy) is 1. The van der Waals surface area contributed by atoms with Crippen LogP contribution in [0, 0.1) is 18.8 Å². The Hall–Kier alpha value is -0.0400. The van der Waals surface area contributed by atoms with E-state index >= 15 is 0 Å². The Bertz CT molecular complexity index is 110. The molecule has 0 saturated heterocycles. The second-order valence-electron chi connectivity index (χ2n) is 4.68. The molecule has 1 heteroatoms. The summed E-state index contributed by atoms with van der Waals surface area (Å²) < 4.78 is 5.42. The number of hydrogen-bond donors (Lipinski definition) is 0. The first-order chi connectivity index (χ1) is 6.66. The van der Waals surface area contributed by atoms with Gasteiger partial charge in [-0.1, -0.05) is 47.0 Å². The quantitative estimate of drug-likeness (QED) is 0.508. The minimum atomic E-state index is 0.818. The molecule has 0 aromatic heterocycles. The molecule has 0 aliphatic rings. The third-order valence-electron chi connectivity index (χ3n) is 2.52. The molecule has 0 heterocycles. The largest absolute Gasteiger partial charge is 0.381 e. The van der Waals surface area contributed by atoms with Gasteiger partial charge in [-0.3, -0.25) is 0 Å². The zero-order chi connectivity index (χ0) is 10.8. The Morgan fingerprint density at radius 3 is 2.29 bits per heavy atom. The molecule has 0 aromatic carbocycles. The number of hydrogen-bond acceptors (Lipinski definition) is 1. The monoisotopic (exact) mass is 199 g/mol. The van der Waals surface area contributed by atoms with Gasteiger partial charge in [-0.15, -0.1) is 0 Å². The molecule has 0 saturated carbocycles. The van der Waals surface area contributed by atoms with Crippen molar-refractivity contribution in [2.75, 3.05) is 13.2 Å². The lowest BCUT2D eigenvalue weighted by atomic mass is 9.98. The van der Waals surface area contributed by atoms with Crippen LogP contribution in [0.4, 0.5) is 0 Å². The molecule has 1 radical (unpaired) electrons. The van der Waals surface area contributed by atoms with E-state index in [2.05, 4.69) is 27.7 Å². The first kappa shape index (κ1) is 14.0. The SMILES string of the molecule is [CH2]CCOCCC(C)CCCC(C)C. The lowest BCUT2D eigenvalue weighted by molar-refractivity contribution is 0.124. The van der Waals surface area contributed by atoms with Crippen LogP contribution in [0.3, 0.4) is 0 Å². The minimum absolute atomic E-state index is 0.818. The van der Waals surface area contributed by atoms with Gasteiger partial charge in [0.2, 0.25) is 0 Å². The Morgan fingerprint density at radius 1 is 1.00 bits per heavy atom. The van der Waals surface area contributed by atoms with Crippen LogP contribution in [0.1, 0.15) is 52.9 Å². The first-order valence-electron chi connectivity index (χ1n) is 6.03. The molecule has 0 aliphatic heterocycles. The van der Waals surface area contributed by atoms with E-state index in [0.717, 1.165) is 31.5 Å². The minimum Gasteiger partial charge on any atom is -0.381 e. The van der Waals surface area contributed by atoms with E-state index in [0.29, 0.717) is 0 Å². The van der Waals surface area contributed by atoms with Gasteiger partial charge in [0.15, 0.2) is 0 Å². The molecule has 85 valence electrons. The summed E-state index contributed by atoms with van der Waals surface area (Å²) in [7, 11) is 0.